The van der Waals surface area contributed by atoms with Crippen molar-refractivity contribution in [1.29, 1.82) is 0 Å². The Morgan fingerprint density at radius 2 is 1.91 bits per heavy atom. The van der Waals surface area contributed by atoms with Crippen LogP contribution in [0.25, 0.3) is 0 Å². The van der Waals surface area contributed by atoms with Crippen LogP contribution >= 0.6 is 11.3 Å². The maximum atomic E-state index is 13.2. The van der Waals surface area contributed by atoms with E-state index in [9.17, 15) is 13.2 Å². The summed E-state index contributed by atoms with van der Waals surface area (Å²) < 4.78 is 42.1. The van der Waals surface area contributed by atoms with Crippen LogP contribution in [0.3, 0.4) is 0 Å². The summed E-state index contributed by atoms with van der Waals surface area (Å²) in [6.45, 7) is 1.31. The Bertz CT molecular complexity index is 1170. The fourth-order valence-electron chi connectivity index (χ4n) is 3.64. The first-order valence-electron chi connectivity index (χ1n) is 10.6. The van der Waals surface area contributed by atoms with E-state index in [-0.39, 0.29) is 29.2 Å². The van der Waals surface area contributed by atoms with Crippen molar-refractivity contribution in [2.45, 2.75) is 30.4 Å². The van der Waals surface area contributed by atoms with Gasteiger partial charge in [0.25, 0.3) is 5.91 Å². The van der Waals surface area contributed by atoms with Gasteiger partial charge in [0, 0.05) is 25.3 Å². The van der Waals surface area contributed by atoms with Gasteiger partial charge in [0.2, 0.25) is 0 Å². The van der Waals surface area contributed by atoms with E-state index in [0.29, 0.717) is 29.3 Å². The Morgan fingerprint density at radius 3 is 2.58 bits per heavy atom. The third-order valence-corrected chi connectivity index (χ3v) is 7.45. The van der Waals surface area contributed by atoms with Gasteiger partial charge in [-0.25, -0.2) is 0 Å². The summed E-state index contributed by atoms with van der Waals surface area (Å²) in [5.74, 6) is 0.615. The molecular formula is C24H25NO6S2. The molecule has 7 nitrogen and oxygen atoms in total. The zero-order chi connectivity index (χ0) is 23.3. The van der Waals surface area contributed by atoms with Crippen molar-refractivity contribution < 1.29 is 26.9 Å². The first-order chi connectivity index (χ1) is 16.0. The van der Waals surface area contributed by atoms with Gasteiger partial charge in [-0.3, -0.25) is 4.79 Å². The molecule has 1 atom stereocenters. The number of hydrogen-bond donors (Lipinski definition) is 0. The summed E-state index contributed by atoms with van der Waals surface area (Å²) in [5, 5.41) is 1.86. The molecule has 1 aliphatic heterocycles. The van der Waals surface area contributed by atoms with Crippen LogP contribution in [0.2, 0.25) is 0 Å². The van der Waals surface area contributed by atoms with Gasteiger partial charge in [0.1, 0.15) is 16.4 Å². The molecule has 0 aliphatic carbocycles. The average molecular weight is 488 g/mol. The molecule has 0 N–H and O–H groups in total. The Balaban J connectivity index is 1.58. The third-order valence-electron chi connectivity index (χ3n) is 5.35. The Labute approximate surface area is 197 Å². The second-order valence-corrected chi connectivity index (χ2v) is 10.1. The lowest BCUT2D eigenvalue weighted by atomic mass is 10.1. The van der Waals surface area contributed by atoms with Crippen LogP contribution < -0.4 is 8.92 Å². The lowest BCUT2D eigenvalue weighted by Crippen LogP contribution is -2.36. The van der Waals surface area contributed by atoms with Gasteiger partial charge in [-0.1, -0.05) is 24.3 Å². The van der Waals surface area contributed by atoms with E-state index < -0.39 is 10.1 Å². The number of ether oxygens (including phenoxy) is 2. The molecule has 0 bridgehead atoms. The van der Waals surface area contributed by atoms with E-state index >= 15 is 0 Å². The number of amides is 1. The van der Waals surface area contributed by atoms with Crippen LogP contribution in [0.4, 0.5) is 0 Å². The Kier molecular flexibility index (Phi) is 7.32. The van der Waals surface area contributed by atoms with Crippen LogP contribution in [-0.2, 0) is 21.4 Å². The van der Waals surface area contributed by atoms with Gasteiger partial charge in [-0.15, -0.1) is 11.3 Å². The van der Waals surface area contributed by atoms with Crippen molar-refractivity contribution in [1.82, 2.24) is 4.90 Å². The first-order valence-corrected chi connectivity index (χ1v) is 12.9. The normalized spacial score (nSPS) is 15.8. The molecule has 2 aromatic carbocycles. The Morgan fingerprint density at radius 1 is 1.12 bits per heavy atom. The monoisotopic (exact) mass is 487 g/mol. The molecule has 4 rings (SSSR count). The summed E-state index contributed by atoms with van der Waals surface area (Å²) in [6.07, 6.45) is 1.81. The standard InChI is InChI=1S/C24H25NO6S2/c1-29-19-10-12-21(13-11-19)33(27,28)31-22-8-3-2-6-18(22)16-25(17-20-7-4-14-30-20)24(26)23-9-5-15-32-23/h2-3,5-6,8-13,15,20H,4,7,14,16-17H2,1H3. The van der Waals surface area contributed by atoms with Gasteiger partial charge in [-0.05, 0) is 54.6 Å². The summed E-state index contributed by atoms with van der Waals surface area (Å²) in [7, 11) is -2.55. The SMILES string of the molecule is COc1ccc(S(=O)(=O)Oc2ccccc2CN(CC2CCCO2)C(=O)c2cccs2)cc1. The lowest BCUT2D eigenvalue weighted by molar-refractivity contribution is 0.0510. The van der Waals surface area contributed by atoms with Crippen molar-refractivity contribution in [3.8, 4) is 11.5 Å². The van der Waals surface area contributed by atoms with Crippen molar-refractivity contribution in [3.05, 3.63) is 76.5 Å². The highest BCUT2D eigenvalue weighted by atomic mass is 32.2. The highest BCUT2D eigenvalue weighted by Gasteiger charge is 2.26. The highest BCUT2D eigenvalue weighted by Crippen LogP contribution is 2.27. The van der Waals surface area contributed by atoms with Gasteiger partial charge in [0.15, 0.2) is 0 Å². The zero-order valence-electron chi connectivity index (χ0n) is 18.2. The second-order valence-electron chi connectivity index (χ2n) is 7.62. The Hall–Kier alpha value is -2.88. The molecule has 2 heterocycles. The molecule has 174 valence electrons. The molecule has 3 aromatic rings. The molecule has 1 amide bonds. The van der Waals surface area contributed by atoms with E-state index in [1.54, 1.807) is 47.4 Å². The molecule has 33 heavy (non-hydrogen) atoms. The number of hydrogen-bond acceptors (Lipinski definition) is 7. The predicted molar refractivity (Wildman–Crippen MR) is 125 cm³/mol. The molecule has 9 heteroatoms. The average Bonchev–Trinajstić information content (AvgIpc) is 3.54. The molecule has 1 unspecified atom stereocenters. The fourth-order valence-corrected chi connectivity index (χ4v) is 5.29. The fraction of sp³-hybridized carbons (Fsp3) is 0.292. The number of nitrogens with zero attached hydrogens (tertiary/aromatic N) is 1. The van der Waals surface area contributed by atoms with E-state index in [1.807, 2.05) is 11.4 Å². The number of carbonyl (C=O) groups is 1. The first kappa shape index (κ1) is 23.3. The minimum Gasteiger partial charge on any atom is -0.497 e. The van der Waals surface area contributed by atoms with Crippen molar-refractivity contribution >= 4 is 27.4 Å². The molecule has 0 spiro atoms. The van der Waals surface area contributed by atoms with E-state index in [4.69, 9.17) is 13.7 Å². The van der Waals surface area contributed by atoms with Crippen molar-refractivity contribution in [2.24, 2.45) is 0 Å². The lowest BCUT2D eigenvalue weighted by Gasteiger charge is -2.26. The van der Waals surface area contributed by atoms with Crippen molar-refractivity contribution in [3.63, 3.8) is 0 Å². The molecule has 1 aliphatic rings. The summed E-state index contributed by atoms with van der Waals surface area (Å²) in [4.78, 5) is 15.5. The summed E-state index contributed by atoms with van der Waals surface area (Å²) in [6, 6.07) is 16.5. The number of benzene rings is 2. The molecule has 1 aromatic heterocycles. The van der Waals surface area contributed by atoms with E-state index in [1.165, 1.54) is 30.6 Å². The summed E-state index contributed by atoms with van der Waals surface area (Å²) in [5.41, 5.74) is 0.595. The van der Waals surface area contributed by atoms with Crippen LogP contribution in [0.15, 0.2) is 70.9 Å². The smallest absolute Gasteiger partial charge is 0.339 e. The molecule has 1 saturated heterocycles. The number of methoxy groups -OCH3 is 1. The molecule has 0 saturated carbocycles. The predicted octanol–water partition coefficient (Wildman–Crippen LogP) is 4.35. The zero-order valence-corrected chi connectivity index (χ0v) is 19.8. The molecule has 1 fully saturated rings. The van der Waals surface area contributed by atoms with E-state index in [2.05, 4.69) is 0 Å². The van der Waals surface area contributed by atoms with Crippen molar-refractivity contribution in [2.75, 3.05) is 20.3 Å². The number of rotatable bonds is 9. The number of thiophene rings is 1. The molecular weight excluding hydrogens is 462 g/mol. The van der Waals surface area contributed by atoms with Gasteiger partial charge >= 0.3 is 10.1 Å². The number of para-hydroxylation sites is 1. The molecule has 0 radical (unpaired) electrons. The van der Waals surface area contributed by atoms with E-state index in [0.717, 1.165) is 12.8 Å². The highest BCUT2D eigenvalue weighted by molar-refractivity contribution is 7.87. The minimum atomic E-state index is -4.06. The minimum absolute atomic E-state index is 0.0176. The topological polar surface area (TPSA) is 82.1 Å². The van der Waals surface area contributed by atoms with Gasteiger partial charge in [-0.2, -0.15) is 8.42 Å². The maximum Gasteiger partial charge on any atom is 0.339 e. The van der Waals surface area contributed by atoms with Crippen LogP contribution in [0.1, 0.15) is 28.1 Å². The van der Waals surface area contributed by atoms with Gasteiger partial charge in [0.05, 0.1) is 18.1 Å². The maximum absolute atomic E-state index is 13.2. The van der Waals surface area contributed by atoms with Crippen LogP contribution in [-0.4, -0.2) is 45.6 Å². The third kappa shape index (κ3) is 5.73. The largest absolute Gasteiger partial charge is 0.497 e. The van der Waals surface area contributed by atoms with Gasteiger partial charge < -0.3 is 18.6 Å². The van der Waals surface area contributed by atoms with Crippen LogP contribution in [0, 0.1) is 0 Å². The van der Waals surface area contributed by atoms with Crippen LogP contribution in [0.5, 0.6) is 11.5 Å². The number of carbonyl (C=O) groups excluding carboxylic acids is 1. The quantitative estimate of drug-likeness (QED) is 0.418. The summed E-state index contributed by atoms with van der Waals surface area (Å²) >= 11 is 1.37. The second kappa shape index (κ2) is 10.4.